The van der Waals surface area contributed by atoms with Crippen molar-refractivity contribution in [3.05, 3.63) is 60.2 Å². The molecule has 0 unspecified atom stereocenters. The minimum atomic E-state index is 0.224. The van der Waals surface area contributed by atoms with Crippen LogP contribution >= 0.6 is 0 Å². The molecule has 1 amide bonds. The fourth-order valence-electron chi connectivity index (χ4n) is 3.31. The third-order valence-electron chi connectivity index (χ3n) is 5.04. The van der Waals surface area contributed by atoms with E-state index in [1.54, 1.807) is 7.11 Å². The molecular formula is C21H28N3O2+. The van der Waals surface area contributed by atoms with Crippen LogP contribution in [-0.4, -0.2) is 50.6 Å². The number of nitrogens with two attached hydrogens (primary N) is 1. The summed E-state index contributed by atoms with van der Waals surface area (Å²) >= 11 is 0. The summed E-state index contributed by atoms with van der Waals surface area (Å²) in [6.45, 7) is 5.93. The lowest BCUT2D eigenvalue weighted by atomic mass is 10.1. The number of hydrogen-bond donors (Lipinski definition) is 1. The summed E-state index contributed by atoms with van der Waals surface area (Å²) in [7, 11) is 1.68. The van der Waals surface area contributed by atoms with Crippen molar-refractivity contribution in [3.63, 3.8) is 0 Å². The maximum atomic E-state index is 12.5. The molecule has 138 valence electrons. The lowest BCUT2D eigenvalue weighted by Crippen LogP contribution is -2.87. The molecule has 3 rings (SSSR count). The van der Waals surface area contributed by atoms with E-state index < -0.39 is 0 Å². The van der Waals surface area contributed by atoms with Gasteiger partial charge in [-0.1, -0.05) is 30.3 Å². The van der Waals surface area contributed by atoms with Crippen LogP contribution in [0.3, 0.4) is 0 Å². The van der Waals surface area contributed by atoms with E-state index in [1.165, 1.54) is 11.3 Å². The smallest absolute Gasteiger partial charge is 0.277 e. The maximum Gasteiger partial charge on any atom is 0.277 e. The van der Waals surface area contributed by atoms with Crippen molar-refractivity contribution in [1.29, 1.82) is 0 Å². The summed E-state index contributed by atoms with van der Waals surface area (Å²) in [6.07, 6.45) is 0. The van der Waals surface area contributed by atoms with Gasteiger partial charge in [0.1, 0.15) is 11.8 Å². The Kier molecular flexibility index (Phi) is 6.12. The van der Waals surface area contributed by atoms with Crippen molar-refractivity contribution in [2.45, 2.75) is 13.0 Å². The second-order valence-electron chi connectivity index (χ2n) is 6.71. The highest BCUT2D eigenvalue weighted by molar-refractivity contribution is 5.77. The van der Waals surface area contributed by atoms with Gasteiger partial charge in [0, 0.05) is 37.4 Å². The van der Waals surface area contributed by atoms with E-state index in [2.05, 4.69) is 41.4 Å². The van der Waals surface area contributed by atoms with Crippen LogP contribution in [0.2, 0.25) is 0 Å². The van der Waals surface area contributed by atoms with Gasteiger partial charge in [-0.25, -0.2) is 0 Å². The van der Waals surface area contributed by atoms with Crippen molar-refractivity contribution in [1.82, 2.24) is 4.90 Å². The number of hydrogen-bond acceptors (Lipinski definition) is 3. The van der Waals surface area contributed by atoms with Gasteiger partial charge < -0.3 is 19.9 Å². The summed E-state index contributed by atoms with van der Waals surface area (Å²) in [6, 6.07) is 18.7. The third kappa shape index (κ3) is 4.55. The zero-order chi connectivity index (χ0) is 18.4. The number of carbonyl (C=O) groups excluding carboxylic acids is 1. The zero-order valence-electron chi connectivity index (χ0n) is 15.6. The molecule has 0 aromatic heterocycles. The molecule has 1 atom stereocenters. The minimum Gasteiger partial charge on any atom is -0.497 e. The zero-order valence-corrected chi connectivity index (χ0v) is 15.6. The van der Waals surface area contributed by atoms with Crippen molar-refractivity contribution < 1.29 is 14.8 Å². The molecule has 5 heteroatoms. The topological polar surface area (TPSA) is 49.4 Å². The van der Waals surface area contributed by atoms with Crippen LogP contribution < -0.4 is 15.0 Å². The number of piperazine rings is 1. The van der Waals surface area contributed by atoms with E-state index in [1.807, 2.05) is 35.2 Å². The summed E-state index contributed by atoms with van der Waals surface area (Å²) in [5, 5.41) is 2.12. The van der Waals surface area contributed by atoms with Crippen molar-refractivity contribution in [3.8, 4) is 5.75 Å². The number of rotatable bonds is 6. The molecule has 2 aromatic rings. The molecule has 26 heavy (non-hydrogen) atoms. The van der Waals surface area contributed by atoms with Gasteiger partial charge in [-0.15, -0.1) is 0 Å². The Bertz CT molecular complexity index is 695. The molecule has 2 N–H and O–H groups in total. The molecule has 0 aliphatic carbocycles. The second-order valence-corrected chi connectivity index (χ2v) is 6.71. The number of benzene rings is 2. The third-order valence-corrected chi connectivity index (χ3v) is 5.04. The normalized spacial score (nSPS) is 15.6. The Hall–Kier alpha value is -2.53. The van der Waals surface area contributed by atoms with Crippen LogP contribution in [0.15, 0.2) is 54.6 Å². The molecule has 0 saturated carbocycles. The average molecular weight is 354 g/mol. The summed E-state index contributed by atoms with van der Waals surface area (Å²) in [5.74, 6) is 1.09. The number of quaternary nitrogens is 1. The number of ether oxygens (including phenoxy) is 1. The minimum absolute atomic E-state index is 0.224. The fraction of sp³-hybridized carbons (Fsp3) is 0.381. The van der Waals surface area contributed by atoms with E-state index in [9.17, 15) is 4.79 Å². The van der Waals surface area contributed by atoms with Crippen molar-refractivity contribution in [2.75, 3.05) is 44.7 Å². The van der Waals surface area contributed by atoms with Gasteiger partial charge in [-0.3, -0.25) is 4.79 Å². The molecule has 0 bridgehead atoms. The van der Waals surface area contributed by atoms with E-state index in [4.69, 9.17) is 4.74 Å². The first kappa shape index (κ1) is 18.3. The summed E-state index contributed by atoms with van der Waals surface area (Å²) in [4.78, 5) is 16.8. The van der Waals surface area contributed by atoms with Gasteiger partial charge >= 0.3 is 0 Å². The Morgan fingerprint density at radius 2 is 1.69 bits per heavy atom. The number of nitrogens with zero attached hydrogens (tertiary/aromatic N) is 2. The van der Waals surface area contributed by atoms with Gasteiger partial charge in [0.15, 0.2) is 6.54 Å². The van der Waals surface area contributed by atoms with Gasteiger partial charge in [0.05, 0.1) is 7.11 Å². The molecule has 1 aliphatic rings. The van der Waals surface area contributed by atoms with E-state index in [0.29, 0.717) is 12.6 Å². The highest BCUT2D eigenvalue weighted by Gasteiger charge is 2.23. The van der Waals surface area contributed by atoms with Crippen LogP contribution in [0.4, 0.5) is 5.69 Å². The molecule has 1 saturated heterocycles. The SMILES string of the molecule is COc1ccc(N2CCN(C(=O)C[NH2+][C@@H](C)c3ccccc3)CC2)cc1. The highest BCUT2D eigenvalue weighted by Crippen LogP contribution is 2.20. The molecule has 0 radical (unpaired) electrons. The molecule has 1 fully saturated rings. The highest BCUT2D eigenvalue weighted by atomic mass is 16.5. The van der Waals surface area contributed by atoms with Crippen molar-refractivity contribution >= 4 is 11.6 Å². The summed E-state index contributed by atoms with van der Waals surface area (Å²) in [5.41, 5.74) is 2.44. The second kappa shape index (κ2) is 8.72. The van der Waals surface area contributed by atoms with Gasteiger partial charge in [-0.2, -0.15) is 0 Å². The van der Waals surface area contributed by atoms with E-state index in [0.717, 1.165) is 31.9 Å². The standard InChI is InChI=1S/C21H27N3O2/c1-17(18-6-4-3-5-7-18)22-16-21(25)24-14-12-23(13-15-24)19-8-10-20(26-2)11-9-19/h3-11,17,22H,12-16H2,1-2H3/p+1/t17-/m0/s1. The fourth-order valence-corrected chi connectivity index (χ4v) is 3.31. The average Bonchev–Trinajstić information content (AvgIpc) is 2.72. The lowest BCUT2D eigenvalue weighted by Gasteiger charge is -2.36. The molecule has 0 spiro atoms. The molecule has 1 heterocycles. The van der Waals surface area contributed by atoms with Crippen LogP contribution in [-0.2, 0) is 4.79 Å². The Morgan fingerprint density at radius 3 is 2.31 bits per heavy atom. The number of carbonyl (C=O) groups is 1. The van der Waals surface area contributed by atoms with E-state index in [-0.39, 0.29) is 5.91 Å². The van der Waals surface area contributed by atoms with Crippen LogP contribution in [0.1, 0.15) is 18.5 Å². The monoisotopic (exact) mass is 354 g/mol. The molecular weight excluding hydrogens is 326 g/mol. The van der Waals surface area contributed by atoms with E-state index >= 15 is 0 Å². The van der Waals surface area contributed by atoms with Crippen LogP contribution in [0.5, 0.6) is 5.75 Å². The van der Waals surface area contributed by atoms with Crippen molar-refractivity contribution in [2.24, 2.45) is 0 Å². The quantitative estimate of drug-likeness (QED) is 0.858. The molecule has 1 aliphatic heterocycles. The first-order valence-corrected chi connectivity index (χ1v) is 9.22. The number of methoxy groups -OCH3 is 1. The van der Waals surface area contributed by atoms with Crippen LogP contribution in [0, 0.1) is 0 Å². The Morgan fingerprint density at radius 1 is 1.04 bits per heavy atom. The van der Waals surface area contributed by atoms with Gasteiger partial charge in [0.25, 0.3) is 5.91 Å². The number of anilines is 1. The molecule has 5 nitrogen and oxygen atoms in total. The number of amides is 1. The Labute approximate surface area is 155 Å². The van der Waals surface area contributed by atoms with Gasteiger partial charge in [-0.05, 0) is 31.2 Å². The van der Waals surface area contributed by atoms with Crippen LogP contribution in [0.25, 0.3) is 0 Å². The summed E-state index contributed by atoms with van der Waals surface area (Å²) < 4.78 is 5.21. The maximum absolute atomic E-state index is 12.5. The lowest BCUT2D eigenvalue weighted by molar-refractivity contribution is -0.683. The molecule has 2 aromatic carbocycles. The predicted molar refractivity (Wildman–Crippen MR) is 103 cm³/mol. The largest absolute Gasteiger partial charge is 0.497 e. The van der Waals surface area contributed by atoms with Gasteiger partial charge in [0.2, 0.25) is 0 Å². The first-order chi connectivity index (χ1) is 12.7. The first-order valence-electron chi connectivity index (χ1n) is 9.22. The predicted octanol–water partition coefficient (Wildman–Crippen LogP) is 1.67. The Balaban J connectivity index is 1.45.